The normalized spacial score (nSPS) is 26.6. The third-order valence-corrected chi connectivity index (χ3v) is 3.43. The summed E-state index contributed by atoms with van der Waals surface area (Å²) in [6.07, 6.45) is 3.78. The zero-order valence-electron chi connectivity index (χ0n) is 10.6. The third-order valence-electron chi connectivity index (χ3n) is 3.43. The Morgan fingerprint density at radius 3 is 2.29 bits per heavy atom. The number of carbonyl (C=O) groups is 2. The number of carbonyl (C=O) groups excluding carboxylic acids is 2. The second-order valence-corrected chi connectivity index (χ2v) is 5.19. The molecule has 1 rings (SSSR count). The van der Waals surface area contributed by atoms with Gasteiger partial charge >= 0.3 is 0 Å². The van der Waals surface area contributed by atoms with Gasteiger partial charge in [-0.1, -0.05) is 26.7 Å². The van der Waals surface area contributed by atoms with Crippen LogP contribution in [0.1, 0.15) is 39.5 Å². The molecule has 0 aromatic heterocycles. The van der Waals surface area contributed by atoms with Crippen LogP contribution in [-0.4, -0.2) is 23.9 Å². The van der Waals surface area contributed by atoms with Crippen LogP contribution in [-0.2, 0) is 9.59 Å². The van der Waals surface area contributed by atoms with E-state index in [1.165, 1.54) is 0 Å². The largest absolute Gasteiger partial charge is 0.368 e. The monoisotopic (exact) mass is 241 g/mol. The number of hydrogen-bond donors (Lipinski definition) is 3. The Balaban J connectivity index is 2.60. The van der Waals surface area contributed by atoms with Gasteiger partial charge in [-0.3, -0.25) is 9.59 Å². The van der Waals surface area contributed by atoms with Crippen molar-refractivity contribution >= 4 is 11.8 Å². The molecule has 3 unspecified atom stereocenters. The van der Waals surface area contributed by atoms with Gasteiger partial charge in [-0.2, -0.15) is 0 Å². The summed E-state index contributed by atoms with van der Waals surface area (Å²) in [6.45, 7) is 3.72. The molecule has 0 spiro atoms. The second kappa shape index (κ2) is 6.00. The smallest absolute Gasteiger partial charge is 0.240 e. The molecule has 98 valence electrons. The predicted octanol–water partition coefficient (Wildman–Crippen LogP) is 0.130. The topological polar surface area (TPSA) is 98.2 Å². The molecule has 5 nitrogen and oxygen atoms in total. The lowest BCUT2D eigenvalue weighted by Crippen LogP contribution is -2.52. The van der Waals surface area contributed by atoms with Crippen LogP contribution in [0.2, 0.25) is 0 Å². The number of rotatable bonds is 4. The van der Waals surface area contributed by atoms with Crippen LogP contribution in [0.15, 0.2) is 0 Å². The van der Waals surface area contributed by atoms with E-state index in [0.29, 0.717) is 0 Å². The Morgan fingerprint density at radius 2 is 1.82 bits per heavy atom. The van der Waals surface area contributed by atoms with E-state index in [1.54, 1.807) is 0 Å². The van der Waals surface area contributed by atoms with Crippen LogP contribution < -0.4 is 16.8 Å². The molecule has 1 fully saturated rings. The van der Waals surface area contributed by atoms with Crippen LogP contribution in [0.3, 0.4) is 0 Å². The van der Waals surface area contributed by atoms with Crippen molar-refractivity contribution in [2.45, 2.75) is 51.6 Å². The van der Waals surface area contributed by atoms with E-state index < -0.39 is 11.9 Å². The van der Waals surface area contributed by atoms with Gasteiger partial charge < -0.3 is 16.8 Å². The van der Waals surface area contributed by atoms with E-state index in [2.05, 4.69) is 5.32 Å². The lowest BCUT2D eigenvalue weighted by molar-refractivity contribution is -0.131. The van der Waals surface area contributed by atoms with Gasteiger partial charge in [-0.15, -0.1) is 0 Å². The summed E-state index contributed by atoms with van der Waals surface area (Å²) in [7, 11) is 0. The zero-order chi connectivity index (χ0) is 13.0. The van der Waals surface area contributed by atoms with Crippen molar-refractivity contribution in [3.8, 4) is 0 Å². The fourth-order valence-corrected chi connectivity index (χ4v) is 2.31. The number of primary amides is 1. The molecule has 5 heteroatoms. The molecule has 5 N–H and O–H groups in total. The molecule has 3 atom stereocenters. The molecule has 0 saturated heterocycles. The minimum atomic E-state index is -0.600. The Labute approximate surface area is 102 Å². The highest BCUT2D eigenvalue weighted by molar-refractivity contribution is 5.88. The Kier molecular flexibility index (Phi) is 4.93. The van der Waals surface area contributed by atoms with Gasteiger partial charge in [0.25, 0.3) is 0 Å². The highest BCUT2D eigenvalue weighted by Crippen LogP contribution is 2.23. The van der Waals surface area contributed by atoms with Gasteiger partial charge in [0.05, 0.1) is 5.92 Å². The van der Waals surface area contributed by atoms with Crippen LogP contribution in [0, 0.1) is 11.8 Å². The third kappa shape index (κ3) is 3.70. The molecule has 1 aliphatic carbocycles. The van der Waals surface area contributed by atoms with E-state index in [9.17, 15) is 9.59 Å². The van der Waals surface area contributed by atoms with Gasteiger partial charge in [0, 0.05) is 6.04 Å². The molecule has 0 heterocycles. The van der Waals surface area contributed by atoms with Crippen molar-refractivity contribution in [3.05, 3.63) is 0 Å². The van der Waals surface area contributed by atoms with Crippen LogP contribution >= 0.6 is 0 Å². The standard InChI is InChI=1S/C12H23N3O2/c1-7(2)10(11(14)16)15-12(17)8-5-3-4-6-9(8)13/h7-10H,3-6,13H2,1-2H3,(H2,14,16)(H,15,17). The molecule has 0 aliphatic heterocycles. The molecule has 2 amide bonds. The predicted molar refractivity (Wildman–Crippen MR) is 65.9 cm³/mol. The zero-order valence-corrected chi connectivity index (χ0v) is 10.6. The first-order chi connectivity index (χ1) is 7.93. The SMILES string of the molecule is CC(C)C(NC(=O)C1CCCCC1N)C(N)=O. The van der Waals surface area contributed by atoms with E-state index >= 15 is 0 Å². The molecule has 0 aromatic rings. The van der Waals surface area contributed by atoms with E-state index in [0.717, 1.165) is 25.7 Å². The van der Waals surface area contributed by atoms with Crippen molar-refractivity contribution in [3.63, 3.8) is 0 Å². The Morgan fingerprint density at radius 1 is 1.24 bits per heavy atom. The first kappa shape index (κ1) is 14.0. The van der Waals surface area contributed by atoms with Crippen molar-refractivity contribution in [2.24, 2.45) is 23.3 Å². The molecule has 0 radical (unpaired) electrons. The quantitative estimate of drug-likeness (QED) is 0.652. The van der Waals surface area contributed by atoms with Gasteiger partial charge in [-0.05, 0) is 18.8 Å². The molecular weight excluding hydrogens is 218 g/mol. The summed E-state index contributed by atoms with van der Waals surface area (Å²) in [5.74, 6) is -0.798. The maximum atomic E-state index is 12.0. The average molecular weight is 241 g/mol. The summed E-state index contributed by atoms with van der Waals surface area (Å²) in [6, 6.07) is -0.693. The maximum absolute atomic E-state index is 12.0. The molecule has 1 aliphatic rings. The summed E-state index contributed by atoms with van der Waals surface area (Å²) in [5, 5.41) is 2.72. The summed E-state index contributed by atoms with van der Waals surface area (Å²) in [5.41, 5.74) is 11.2. The lowest BCUT2D eigenvalue weighted by atomic mass is 9.84. The highest BCUT2D eigenvalue weighted by Gasteiger charge is 2.31. The minimum absolute atomic E-state index is 0.00346. The maximum Gasteiger partial charge on any atom is 0.240 e. The first-order valence-corrected chi connectivity index (χ1v) is 6.28. The van der Waals surface area contributed by atoms with Gasteiger partial charge in [0.1, 0.15) is 6.04 Å². The van der Waals surface area contributed by atoms with Crippen molar-refractivity contribution in [2.75, 3.05) is 0 Å². The van der Waals surface area contributed by atoms with Crippen molar-refractivity contribution < 1.29 is 9.59 Å². The van der Waals surface area contributed by atoms with Gasteiger partial charge in [0.2, 0.25) is 11.8 Å². The van der Waals surface area contributed by atoms with Gasteiger partial charge in [0.15, 0.2) is 0 Å². The second-order valence-electron chi connectivity index (χ2n) is 5.19. The fourth-order valence-electron chi connectivity index (χ4n) is 2.31. The van der Waals surface area contributed by atoms with Gasteiger partial charge in [-0.25, -0.2) is 0 Å². The van der Waals surface area contributed by atoms with E-state index in [-0.39, 0.29) is 23.8 Å². The number of amides is 2. The van der Waals surface area contributed by atoms with Crippen LogP contribution in [0.4, 0.5) is 0 Å². The molecule has 0 aromatic carbocycles. The summed E-state index contributed by atoms with van der Waals surface area (Å²) < 4.78 is 0. The number of nitrogens with two attached hydrogens (primary N) is 2. The van der Waals surface area contributed by atoms with Crippen molar-refractivity contribution in [1.29, 1.82) is 0 Å². The minimum Gasteiger partial charge on any atom is -0.368 e. The number of nitrogens with one attached hydrogen (secondary N) is 1. The Bertz CT molecular complexity index is 291. The van der Waals surface area contributed by atoms with Crippen molar-refractivity contribution in [1.82, 2.24) is 5.32 Å². The summed E-state index contributed by atoms with van der Waals surface area (Å²) >= 11 is 0. The number of hydrogen-bond acceptors (Lipinski definition) is 3. The fraction of sp³-hybridized carbons (Fsp3) is 0.833. The van der Waals surface area contributed by atoms with E-state index in [4.69, 9.17) is 11.5 Å². The molecule has 0 bridgehead atoms. The first-order valence-electron chi connectivity index (χ1n) is 6.28. The molecular formula is C12H23N3O2. The lowest BCUT2D eigenvalue weighted by Gasteiger charge is -2.29. The van der Waals surface area contributed by atoms with E-state index in [1.807, 2.05) is 13.8 Å². The van der Waals surface area contributed by atoms with Crippen LogP contribution in [0.5, 0.6) is 0 Å². The highest BCUT2D eigenvalue weighted by atomic mass is 16.2. The van der Waals surface area contributed by atoms with Crippen LogP contribution in [0.25, 0.3) is 0 Å². The summed E-state index contributed by atoms with van der Waals surface area (Å²) in [4.78, 5) is 23.2. The molecule has 1 saturated carbocycles. The average Bonchev–Trinajstić information content (AvgIpc) is 2.25. The Hall–Kier alpha value is -1.10. The molecule has 17 heavy (non-hydrogen) atoms.